The maximum absolute atomic E-state index is 10.7. The monoisotopic (exact) mass is 355 g/mol. The second-order valence-corrected chi connectivity index (χ2v) is 4.90. The number of hydrogen-bond donors (Lipinski definition) is 2. The van der Waals surface area contributed by atoms with Gasteiger partial charge in [-0.15, -0.1) is 0 Å². The van der Waals surface area contributed by atoms with Gasteiger partial charge in [0.1, 0.15) is 22.6 Å². The van der Waals surface area contributed by atoms with Crippen molar-refractivity contribution in [1.29, 1.82) is 0 Å². The Labute approximate surface area is 110 Å². The lowest BCUT2D eigenvalue weighted by atomic mass is 10.2. The van der Waals surface area contributed by atoms with Crippen molar-refractivity contribution in [3.8, 4) is 0 Å². The second kappa shape index (κ2) is 4.84. The van der Waals surface area contributed by atoms with Crippen molar-refractivity contribution >= 4 is 28.5 Å². The van der Waals surface area contributed by atoms with Gasteiger partial charge in [0.25, 0.3) is 0 Å². The van der Waals surface area contributed by atoms with Gasteiger partial charge in [0.05, 0.1) is 6.10 Å². The molecule has 1 aromatic heterocycles. The van der Waals surface area contributed by atoms with Gasteiger partial charge in [-0.25, -0.2) is 4.57 Å². The Hall–Kier alpha value is -0.780. The Bertz CT molecular complexity index is 423. The molecular weight excluding hydrogens is 345 g/mol. The highest BCUT2D eigenvalue weighted by atomic mass is 127. The molecule has 1 unspecified atom stereocenters. The topological polar surface area (TPSA) is 111 Å². The summed E-state index contributed by atoms with van der Waals surface area (Å²) in [6.45, 7) is 0. The molecule has 0 radical (unpaired) electrons. The van der Waals surface area contributed by atoms with Crippen molar-refractivity contribution in [3.05, 3.63) is 22.5 Å². The van der Waals surface area contributed by atoms with Crippen LogP contribution in [-0.2, 0) is 4.74 Å². The van der Waals surface area contributed by atoms with Crippen LogP contribution >= 0.6 is 22.6 Å². The largest absolute Gasteiger partial charge is 0.436 e. The first kappa shape index (κ1) is 12.7. The Balaban J connectivity index is 2.20. The predicted molar refractivity (Wildman–Crippen MR) is 63.4 cm³/mol. The zero-order valence-corrected chi connectivity index (χ0v) is 10.7. The molecule has 8 nitrogen and oxygen atoms in total. The lowest BCUT2D eigenvalue weighted by Crippen LogP contribution is -2.30. The van der Waals surface area contributed by atoms with Crippen LogP contribution in [0.5, 0.6) is 0 Å². The van der Waals surface area contributed by atoms with Gasteiger partial charge in [-0.2, -0.15) is 0 Å². The molecule has 1 saturated heterocycles. The molecule has 0 amide bonds. The number of nitrogens with zero attached hydrogens (tertiary/aromatic N) is 3. The third-order valence-corrected chi connectivity index (χ3v) is 3.24. The fourth-order valence-electron chi connectivity index (χ4n) is 1.77. The summed E-state index contributed by atoms with van der Waals surface area (Å²) < 4.78 is 5.75. The molecule has 0 spiro atoms. The summed E-state index contributed by atoms with van der Waals surface area (Å²) in [6.07, 6.45) is 0.611. The first-order valence-corrected chi connectivity index (χ1v) is 6.08. The highest BCUT2D eigenvalue weighted by Gasteiger charge is 2.41. The van der Waals surface area contributed by atoms with Crippen molar-refractivity contribution in [3.63, 3.8) is 0 Å². The molecule has 0 saturated carbocycles. The maximum Gasteiger partial charge on any atom is 0.436 e. The van der Waals surface area contributed by atoms with E-state index in [0.717, 1.165) is 0 Å². The third-order valence-electron chi connectivity index (χ3n) is 2.53. The normalized spacial score (nSPS) is 30.4. The summed E-state index contributed by atoms with van der Waals surface area (Å²) in [6, 6.07) is 0. The fourth-order valence-corrected chi connectivity index (χ4v) is 2.42. The first-order valence-electron chi connectivity index (χ1n) is 4.83. The van der Waals surface area contributed by atoms with Crippen LogP contribution in [0.1, 0.15) is 12.6 Å². The molecule has 2 heterocycles. The molecule has 1 aliphatic heterocycles. The Kier molecular flexibility index (Phi) is 3.61. The lowest BCUT2D eigenvalue weighted by Gasteiger charge is -2.15. The smallest absolute Gasteiger partial charge is 0.390 e. The number of rotatable bonds is 3. The van der Waals surface area contributed by atoms with Crippen LogP contribution in [-0.4, -0.2) is 41.0 Å². The van der Waals surface area contributed by atoms with Crippen LogP contribution in [0.4, 0.5) is 5.95 Å². The van der Waals surface area contributed by atoms with Crippen molar-refractivity contribution in [1.82, 2.24) is 9.55 Å². The predicted octanol–water partition coefficient (Wildman–Crippen LogP) is 0.193. The standard InChI is InChI=1S/C8H10IN3O5/c9-7(14)6-4(13)3-5(17-6)11-2-1-10-8(11)12(15)16/h1-2,4-7,13-14H,3H2/t4-,5+,6-,7?/m0/s1. The van der Waals surface area contributed by atoms with Gasteiger partial charge in [-0.05, 0) is 27.5 Å². The van der Waals surface area contributed by atoms with E-state index in [2.05, 4.69) is 4.98 Å². The lowest BCUT2D eigenvalue weighted by molar-refractivity contribution is -0.398. The molecule has 1 fully saturated rings. The minimum absolute atomic E-state index is 0.182. The summed E-state index contributed by atoms with van der Waals surface area (Å²) in [5.74, 6) is -0.342. The number of aliphatic hydroxyl groups is 2. The highest BCUT2D eigenvalue weighted by Crippen LogP contribution is 2.33. The van der Waals surface area contributed by atoms with E-state index in [1.165, 1.54) is 17.0 Å². The molecule has 1 aromatic rings. The number of imidazole rings is 1. The van der Waals surface area contributed by atoms with E-state index >= 15 is 0 Å². The average molecular weight is 355 g/mol. The van der Waals surface area contributed by atoms with Gasteiger partial charge in [-0.3, -0.25) is 0 Å². The molecular formula is C8H10IN3O5. The van der Waals surface area contributed by atoms with Crippen LogP contribution in [0.3, 0.4) is 0 Å². The van der Waals surface area contributed by atoms with E-state index in [1.54, 1.807) is 22.6 Å². The van der Waals surface area contributed by atoms with Gasteiger partial charge in [0.2, 0.25) is 0 Å². The Morgan fingerprint density at radius 2 is 2.47 bits per heavy atom. The molecule has 0 aliphatic carbocycles. The number of ether oxygens (including phenoxy) is 1. The van der Waals surface area contributed by atoms with Gasteiger partial charge < -0.3 is 25.1 Å². The van der Waals surface area contributed by atoms with E-state index < -0.39 is 27.5 Å². The number of aromatic nitrogens is 2. The van der Waals surface area contributed by atoms with Crippen molar-refractivity contribution in [2.24, 2.45) is 0 Å². The number of halogens is 1. The molecule has 17 heavy (non-hydrogen) atoms. The molecule has 0 aromatic carbocycles. The quantitative estimate of drug-likeness (QED) is 0.347. The molecule has 0 bridgehead atoms. The number of aliphatic hydroxyl groups excluding tert-OH is 2. The Morgan fingerprint density at radius 3 is 3.00 bits per heavy atom. The number of nitro groups is 1. The first-order chi connectivity index (χ1) is 8.00. The second-order valence-electron chi connectivity index (χ2n) is 3.62. The summed E-state index contributed by atoms with van der Waals surface area (Å²) in [5, 5.41) is 29.7. The molecule has 2 rings (SSSR count). The minimum atomic E-state index is -0.866. The SMILES string of the molecule is O=[N+]([O-])c1nccn1[C@H]1C[C@H](O)[C@@H](C(O)I)O1. The van der Waals surface area contributed by atoms with E-state index in [1.807, 2.05) is 0 Å². The molecule has 4 atom stereocenters. The van der Waals surface area contributed by atoms with Crippen LogP contribution in [0, 0.1) is 10.1 Å². The van der Waals surface area contributed by atoms with Gasteiger partial charge in [0.15, 0.2) is 6.23 Å². The van der Waals surface area contributed by atoms with Crippen molar-refractivity contribution in [2.45, 2.75) is 29.0 Å². The van der Waals surface area contributed by atoms with E-state index in [-0.39, 0.29) is 12.4 Å². The van der Waals surface area contributed by atoms with Crippen LogP contribution in [0.2, 0.25) is 0 Å². The summed E-state index contributed by atoms with van der Waals surface area (Å²) >= 11 is 1.72. The van der Waals surface area contributed by atoms with Crippen LogP contribution in [0.25, 0.3) is 0 Å². The van der Waals surface area contributed by atoms with Crippen molar-refractivity contribution < 1.29 is 19.9 Å². The van der Waals surface area contributed by atoms with Gasteiger partial charge in [0, 0.05) is 6.42 Å². The van der Waals surface area contributed by atoms with Crippen molar-refractivity contribution in [2.75, 3.05) is 0 Å². The van der Waals surface area contributed by atoms with E-state index in [0.29, 0.717) is 0 Å². The zero-order valence-electron chi connectivity index (χ0n) is 8.51. The highest BCUT2D eigenvalue weighted by molar-refractivity contribution is 14.1. The summed E-state index contributed by atoms with van der Waals surface area (Å²) in [5.41, 5.74) is 0. The summed E-state index contributed by atoms with van der Waals surface area (Å²) in [4.78, 5) is 13.7. The third kappa shape index (κ3) is 2.41. The molecule has 94 valence electrons. The number of hydrogen-bond acceptors (Lipinski definition) is 6. The maximum atomic E-state index is 10.7. The van der Waals surface area contributed by atoms with E-state index in [9.17, 15) is 20.3 Å². The average Bonchev–Trinajstić information content (AvgIpc) is 2.82. The number of alkyl halides is 1. The molecule has 1 aliphatic rings. The molecule has 9 heteroatoms. The Morgan fingerprint density at radius 1 is 1.76 bits per heavy atom. The minimum Gasteiger partial charge on any atom is -0.390 e. The summed E-state index contributed by atoms with van der Waals surface area (Å²) in [7, 11) is 0. The fraction of sp³-hybridized carbons (Fsp3) is 0.625. The molecule has 2 N–H and O–H groups in total. The zero-order chi connectivity index (χ0) is 12.6. The van der Waals surface area contributed by atoms with Gasteiger partial charge in [-0.1, -0.05) is 4.98 Å². The van der Waals surface area contributed by atoms with E-state index in [4.69, 9.17) is 4.74 Å². The van der Waals surface area contributed by atoms with Crippen LogP contribution in [0.15, 0.2) is 12.4 Å². The van der Waals surface area contributed by atoms with Crippen LogP contribution < -0.4 is 0 Å². The van der Waals surface area contributed by atoms with Gasteiger partial charge >= 0.3 is 5.95 Å².